The Bertz CT molecular complexity index is 977. The van der Waals surface area contributed by atoms with Crippen molar-refractivity contribution in [1.29, 1.82) is 0 Å². The van der Waals surface area contributed by atoms with Gasteiger partial charge in [0.2, 0.25) is 15.9 Å². The maximum absolute atomic E-state index is 12.2. The Kier molecular flexibility index (Phi) is 5.61. The van der Waals surface area contributed by atoms with Gasteiger partial charge in [-0.05, 0) is 35.9 Å². The molecule has 0 bridgehead atoms. The molecule has 134 valence electrons. The second kappa shape index (κ2) is 8.09. The predicted molar refractivity (Wildman–Crippen MR) is 99.0 cm³/mol. The highest BCUT2D eigenvalue weighted by molar-refractivity contribution is 7.89. The Morgan fingerprint density at radius 3 is 2.69 bits per heavy atom. The van der Waals surface area contributed by atoms with Gasteiger partial charge in [0, 0.05) is 17.7 Å². The first-order valence-corrected chi connectivity index (χ1v) is 9.90. The highest BCUT2D eigenvalue weighted by Gasteiger charge is 2.13. The number of sulfonamides is 1. The van der Waals surface area contributed by atoms with E-state index < -0.39 is 10.0 Å². The van der Waals surface area contributed by atoms with Crippen LogP contribution in [0.3, 0.4) is 0 Å². The number of hydrogen-bond donors (Lipinski definition) is 2. The monoisotopic (exact) mass is 389 g/mol. The molecule has 2 aromatic heterocycles. The van der Waals surface area contributed by atoms with Crippen LogP contribution < -0.4 is 10.0 Å². The molecule has 0 aliphatic carbocycles. The van der Waals surface area contributed by atoms with Crippen LogP contribution in [0, 0.1) is 0 Å². The Morgan fingerprint density at radius 1 is 1.23 bits per heavy atom. The van der Waals surface area contributed by atoms with E-state index in [4.69, 9.17) is 4.42 Å². The van der Waals surface area contributed by atoms with Crippen molar-refractivity contribution in [3.63, 3.8) is 0 Å². The van der Waals surface area contributed by atoms with E-state index in [1.165, 1.54) is 35.8 Å². The maximum atomic E-state index is 12.2. The zero-order valence-corrected chi connectivity index (χ0v) is 15.1. The van der Waals surface area contributed by atoms with Crippen LogP contribution >= 0.6 is 11.3 Å². The average Bonchev–Trinajstić information content (AvgIpc) is 3.32. The van der Waals surface area contributed by atoms with E-state index in [9.17, 15) is 13.2 Å². The molecule has 1 amide bonds. The lowest BCUT2D eigenvalue weighted by Gasteiger charge is -2.05. The quantitative estimate of drug-likeness (QED) is 0.605. The number of furan rings is 1. The molecule has 2 N–H and O–H groups in total. The van der Waals surface area contributed by atoms with Gasteiger partial charge in [-0.15, -0.1) is 11.3 Å². The number of aromatic nitrogens is 1. The zero-order chi connectivity index (χ0) is 18.4. The fraction of sp³-hybridized carbons (Fsp3) is 0.0588. The summed E-state index contributed by atoms with van der Waals surface area (Å²) < 4.78 is 32.0. The third-order valence-corrected chi connectivity index (χ3v) is 5.40. The van der Waals surface area contributed by atoms with Gasteiger partial charge in [0.1, 0.15) is 5.76 Å². The molecule has 0 aliphatic rings. The summed E-state index contributed by atoms with van der Waals surface area (Å²) in [6.45, 7) is 0.0773. The van der Waals surface area contributed by atoms with Gasteiger partial charge in [-0.2, -0.15) is 0 Å². The third kappa shape index (κ3) is 4.88. The first kappa shape index (κ1) is 18.1. The molecule has 0 fully saturated rings. The first-order valence-electron chi connectivity index (χ1n) is 7.53. The number of rotatable bonds is 7. The lowest BCUT2D eigenvalue weighted by molar-refractivity contribution is -0.111. The van der Waals surface area contributed by atoms with Gasteiger partial charge in [0.25, 0.3) is 0 Å². The number of benzene rings is 1. The van der Waals surface area contributed by atoms with Gasteiger partial charge in [0.15, 0.2) is 5.13 Å². The fourth-order valence-electron chi connectivity index (χ4n) is 2.02. The highest BCUT2D eigenvalue weighted by Crippen LogP contribution is 2.13. The Labute approximate surface area is 154 Å². The number of anilines is 1. The largest absolute Gasteiger partial charge is 0.468 e. The summed E-state index contributed by atoms with van der Waals surface area (Å²) in [5.74, 6) is 0.219. The Morgan fingerprint density at radius 2 is 2.04 bits per heavy atom. The van der Waals surface area contributed by atoms with Crippen LogP contribution in [0.5, 0.6) is 0 Å². The van der Waals surface area contributed by atoms with Gasteiger partial charge in [-0.25, -0.2) is 18.1 Å². The van der Waals surface area contributed by atoms with E-state index in [0.29, 0.717) is 16.5 Å². The van der Waals surface area contributed by atoms with Crippen LogP contribution in [-0.4, -0.2) is 19.3 Å². The third-order valence-electron chi connectivity index (χ3n) is 3.30. The molecule has 0 aliphatic heterocycles. The van der Waals surface area contributed by atoms with Crippen molar-refractivity contribution in [2.75, 3.05) is 5.32 Å². The van der Waals surface area contributed by atoms with Gasteiger partial charge in [-0.3, -0.25) is 10.1 Å². The molecular formula is C17H15N3O4S2. The standard InChI is InChI=1S/C17H15N3O4S2/c21-16(20-17-18-9-11-25-17)8-5-13-3-6-15(7-4-13)26(22,23)19-12-14-2-1-10-24-14/h1-11,19H,12H2,(H,18,20,21)/b8-5+. The second-order valence-corrected chi connectivity index (χ2v) is 7.79. The second-order valence-electron chi connectivity index (χ2n) is 5.13. The minimum atomic E-state index is -3.64. The lowest BCUT2D eigenvalue weighted by Crippen LogP contribution is -2.22. The molecule has 7 nitrogen and oxygen atoms in total. The summed E-state index contributed by atoms with van der Waals surface area (Å²) in [4.78, 5) is 15.9. The Balaban J connectivity index is 1.60. The van der Waals surface area contributed by atoms with E-state index in [1.807, 2.05) is 0 Å². The summed E-state index contributed by atoms with van der Waals surface area (Å²) in [6.07, 6.45) is 6.04. The summed E-state index contributed by atoms with van der Waals surface area (Å²) in [6, 6.07) is 9.57. The van der Waals surface area contributed by atoms with Gasteiger partial charge in [0.05, 0.1) is 17.7 Å². The van der Waals surface area contributed by atoms with Crippen molar-refractivity contribution < 1.29 is 17.6 Å². The van der Waals surface area contributed by atoms with Crippen molar-refractivity contribution in [3.8, 4) is 0 Å². The van der Waals surface area contributed by atoms with E-state index in [2.05, 4.69) is 15.0 Å². The summed E-state index contributed by atoms with van der Waals surface area (Å²) in [7, 11) is -3.64. The predicted octanol–water partition coefficient (Wildman–Crippen LogP) is 2.87. The summed E-state index contributed by atoms with van der Waals surface area (Å²) in [5.41, 5.74) is 0.698. The van der Waals surface area contributed by atoms with E-state index in [-0.39, 0.29) is 17.3 Å². The number of carbonyl (C=O) groups is 1. The number of amides is 1. The van der Waals surface area contributed by atoms with E-state index in [1.54, 1.807) is 41.9 Å². The SMILES string of the molecule is O=C(/C=C/c1ccc(S(=O)(=O)NCc2ccco2)cc1)Nc1nccs1. The molecule has 0 radical (unpaired) electrons. The summed E-state index contributed by atoms with van der Waals surface area (Å²) in [5, 5.41) is 4.90. The fourth-order valence-corrected chi connectivity index (χ4v) is 3.55. The Hall–Kier alpha value is -2.75. The molecule has 0 spiro atoms. The lowest BCUT2D eigenvalue weighted by atomic mass is 10.2. The molecule has 1 aromatic carbocycles. The number of nitrogens with zero attached hydrogens (tertiary/aromatic N) is 1. The number of hydrogen-bond acceptors (Lipinski definition) is 6. The van der Waals surface area contributed by atoms with Crippen LogP contribution in [0.2, 0.25) is 0 Å². The van der Waals surface area contributed by atoms with Gasteiger partial charge >= 0.3 is 0 Å². The van der Waals surface area contributed by atoms with Crippen molar-refractivity contribution in [2.24, 2.45) is 0 Å². The smallest absolute Gasteiger partial charge is 0.250 e. The normalized spacial score (nSPS) is 11.7. The number of thiazole rings is 1. The van der Waals surface area contributed by atoms with Crippen molar-refractivity contribution in [2.45, 2.75) is 11.4 Å². The molecule has 0 saturated heterocycles. The van der Waals surface area contributed by atoms with Crippen LogP contribution in [0.25, 0.3) is 6.08 Å². The van der Waals surface area contributed by atoms with Crippen LogP contribution in [0.15, 0.2) is 69.6 Å². The molecule has 0 unspecified atom stereocenters. The van der Waals surface area contributed by atoms with Crippen molar-refractivity contribution in [1.82, 2.24) is 9.71 Å². The van der Waals surface area contributed by atoms with Gasteiger partial charge in [-0.1, -0.05) is 12.1 Å². The molecule has 3 aromatic rings. The molecular weight excluding hydrogens is 374 g/mol. The van der Waals surface area contributed by atoms with Crippen LogP contribution in [0.4, 0.5) is 5.13 Å². The zero-order valence-electron chi connectivity index (χ0n) is 13.5. The highest BCUT2D eigenvalue weighted by atomic mass is 32.2. The molecule has 3 rings (SSSR count). The minimum Gasteiger partial charge on any atom is -0.468 e. The molecule has 2 heterocycles. The topological polar surface area (TPSA) is 101 Å². The average molecular weight is 389 g/mol. The number of carbonyl (C=O) groups excluding carboxylic acids is 1. The molecule has 0 atom stereocenters. The molecule has 26 heavy (non-hydrogen) atoms. The van der Waals surface area contributed by atoms with Gasteiger partial charge < -0.3 is 4.42 Å². The first-order chi connectivity index (χ1) is 12.5. The maximum Gasteiger partial charge on any atom is 0.250 e. The summed E-state index contributed by atoms with van der Waals surface area (Å²) >= 11 is 1.32. The van der Waals surface area contributed by atoms with Crippen molar-refractivity contribution >= 4 is 38.5 Å². The van der Waals surface area contributed by atoms with Crippen LogP contribution in [-0.2, 0) is 21.4 Å². The molecule has 9 heteroatoms. The van der Waals surface area contributed by atoms with Crippen molar-refractivity contribution in [3.05, 3.63) is 71.6 Å². The van der Waals surface area contributed by atoms with E-state index >= 15 is 0 Å². The minimum absolute atomic E-state index is 0.0773. The number of nitrogens with one attached hydrogen (secondary N) is 2. The molecule has 0 saturated carbocycles. The van der Waals surface area contributed by atoms with E-state index in [0.717, 1.165) is 0 Å². The van der Waals surface area contributed by atoms with Crippen LogP contribution in [0.1, 0.15) is 11.3 Å².